The summed E-state index contributed by atoms with van der Waals surface area (Å²) in [6.07, 6.45) is 6.33. The van der Waals surface area contributed by atoms with Crippen LogP contribution in [-0.2, 0) is 0 Å². The lowest BCUT2D eigenvalue weighted by Crippen LogP contribution is -2.45. The van der Waals surface area contributed by atoms with E-state index in [1.54, 1.807) is 19.1 Å². The first-order valence-corrected chi connectivity index (χ1v) is 8.54. The molecule has 0 radical (unpaired) electrons. The molecule has 2 aromatic rings. The molecule has 3 rings (SSSR count). The molecule has 0 aromatic carbocycles. The third-order valence-corrected chi connectivity index (χ3v) is 4.71. The van der Waals surface area contributed by atoms with Crippen molar-refractivity contribution in [3.8, 4) is 0 Å². The Bertz CT molecular complexity index is 800. The van der Waals surface area contributed by atoms with Gasteiger partial charge in [0.05, 0.1) is 12.1 Å². The van der Waals surface area contributed by atoms with E-state index in [1.165, 1.54) is 10.6 Å². The van der Waals surface area contributed by atoms with Crippen LogP contribution in [0.25, 0.3) is 5.65 Å². The van der Waals surface area contributed by atoms with Gasteiger partial charge in [-0.1, -0.05) is 31.7 Å². The van der Waals surface area contributed by atoms with Crippen molar-refractivity contribution < 1.29 is 9.90 Å². The van der Waals surface area contributed by atoms with E-state index in [0.717, 1.165) is 37.8 Å². The van der Waals surface area contributed by atoms with Gasteiger partial charge in [0.1, 0.15) is 11.2 Å². The average Bonchev–Trinajstić information content (AvgIpc) is 2.55. The van der Waals surface area contributed by atoms with Crippen LogP contribution < -0.4 is 10.9 Å². The zero-order chi connectivity index (χ0) is 17.1. The standard InChI is InChI=1S/C18H23N3O3/c1-12-7-6-10-16-19-11-13(18(24)21(12)16)17(23)20-14-8-4-2-3-5-9-15(14)22/h6-7,10-11,14-15,22H,2-5,8-9H2,1H3,(H,20,23)/t14-,15-/m0/s1. The number of aryl methyl sites for hydroxylation is 1. The van der Waals surface area contributed by atoms with Gasteiger partial charge in [-0.15, -0.1) is 0 Å². The van der Waals surface area contributed by atoms with Gasteiger partial charge in [0.25, 0.3) is 11.5 Å². The van der Waals surface area contributed by atoms with Gasteiger partial charge >= 0.3 is 0 Å². The number of pyridine rings is 1. The van der Waals surface area contributed by atoms with Crippen LogP contribution in [0.4, 0.5) is 0 Å². The Balaban J connectivity index is 1.87. The molecule has 2 N–H and O–H groups in total. The Morgan fingerprint density at radius 3 is 2.79 bits per heavy atom. The minimum Gasteiger partial charge on any atom is -0.391 e. The van der Waals surface area contributed by atoms with Crippen molar-refractivity contribution in [3.63, 3.8) is 0 Å². The number of rotatable bonds is 2. The lowest BCUT2D eigenvalue weighted by atomic mass is 9.94. The zero-order valence-corrected chi connectivity index (χ0v) is 13.9. The van der Waals surface area contributed by atoms with E-state index >= 15 is 0 Å². The van der Waals surface area contributed by atoms with E-state index in [-0.39, 0.29) is 17.2 Å². The third kappa shape index (κ3) is 3.33. The second-order valence-corrected chi connectivity index (χ2v) is 6.48. The first-order chi connectivity index (χ1) is 11.6. The predicted octanol–water partition coefficient (Wildman–Crippen LogP) is 1.82. The van der Waals surface area contributed by atoms with E-state index < -0.39 is 12.0 Å². The maximum Gasteiger partial charge on any atom is 0.270 e. The number of carbonyl (C=O) groups excluding carboxylic acids is 1. The van der Waals surface area contributed by atoms with E-state index in [9.17, 15) is 14.7 Å². The number of aromatic nitrogens is 2. The van der Waals surface area contributed by atoms with Gasteiger partial charge in [-0.25, -0.2) is 4.98 Å². The number of aliphatic hydroxyl groups excluding tert-OH is 1. The fourth-order valence-corrected chi connectivity index (χ4v) is 3.31. The summed E-state index contributed by atoms with van der Waals surface area (Å²) in [7, 11) is 0. The Morgan fingerprint density at radius 2 is 2.00 bits per heavy atom. The molecule has 1 saturated carbocycles. The van der Waals surface area contributed by atoms with Crippen molar-refractivity contribution in [1.82, 2.24) is 14.7 Å². The second kappa shape index (κ2) is 7.13. The average molecular weight is 329 g/mol. The molecule has 0 aliphatic heterocycles. The Labute approximate surface area is 140 Å². The molecule has 0 saturated heterocycles. The van der Waals surface area contributed by atoms with Crippen LogP contribution in [0, 0.1) is 6.92 Å². The van der Waals surface area contributed by atoms with E-state index in [4.69, 9.17) is 0 Å². The molecule has 0 unspecified atom stereocenters. The van der Waals surface area contributed by atoms with Crippen molar-refractivity contribution in [2.75, 3.05) is 0 Å². The highest BCUT2D eigenvalue weighted by molar-refractivity contribution is 5.94. The van der Waals surface area contributed by atoms with Gasteiger partial charge in [-0.05, 0) is 31.9 Å². The molecule has 2 heterocycles. The van der Waals surface area contributed by atoms with Crippen molar-refractivity contribution in [1.29, 1.82) is 0 Å². The molecule has 24 heavy (non-hydrogen) atoms. The molecule has 1 aliphatic rings. The molecule has 2 aromatic heterocycles. The lowest BCUT2D eigenvalue weighted by Gasteiger charge is -2.26. The molecule has 2 atom stereocenters. The minimum atomic E-state index is -0.563. The lowest BCUT2D eigenvalue weighted by molar-refractivity contribution is 0.0769. The largest absolute Gasteiger partial charge is 0.391 e. The third-order valence-electron chi connectivity index (χ3n) is 4.71. The molecule has 1 amide bonds. The van der Waals surface area contributed by atoms with Crippen molar-refractivity contribution in [2.24, 2.45) is 0 Å². The number of aliphatic hydroxyl groups is 1. The highest BCUT2D eigenvalue weighted by Crippen LogP contribution is 2.18. The summed E-state index contributed by atoms with van der Waals surface area (Å²) in [4.78, 5) is 29.4. The first-order valence-electron chi connectivity index (χ1n) is 8.54. The monoisotopic (exact) mass is 329 g/mol. The minimum absolute atomic E-state index is 0.0102. The Hall–Kier alpha value is -2.21. The smallest absolute Gasteiger partial charge is 0.270 e. The van der Waals surface area contributed by atoms with Crippen LogP contribution in [0.1, 0.15) is 54.6 Å². The maximum absolute atomic E-state index is 12.6. The number of nitrogens with one attached hydrogen (secondary N) is 1. The quantitative estimate of drug-likeness (QED) is 0.880. The van der Waals surface area contributed by atoms with Crippen molar-refractivity contribution in [2.45, 2.75) is 57.6 Å². The molecule has 1 fully saturated rings. The molecule has 1 aliphatic carbocycles. The Kier molecular flexibility index (Phi) is 4.94. The van der Waals surface area contributed by atoms with Crippen LogP contribution >= 0.6 is 0 Å². The van der Waals surface area contributed by atoms with E-state index in [1.807, 2.05) is 6.07 Å². The summed E-state index contributed by atoms with van der Waals surface area (Å²) in [6.45, 7) is 1.80. The fraction of sp³-hybridized carbons (Fsp3) is 0.500. The summed E-state index contributed by atoms with van der Waals surface area (Å²) >= 11 is 0. The fourth-order valence-electron chi connectivity index (χ4n) is 3.31. The number of carbonyl (C=O) groups is 1. The normalized spacial score (nSPS) is 21.9. The van der Waals surface area contributed by atoms with Gasteiger partial charge in [0, 0.05) is 11.9 Å². The summed E-state index contributed by atoms with van der Waals surface area (Å²) in [5.74, 6) is -0.463. The van der Waals surface area contributed by atoms with E-state index in [2.05, 4.69) is 10.3 Å². The summed E-state index contributed by atoms with van der Waals surface area (Å²) in [5.41, 5.74) is 0.875. The molecule has 0 bridgehead atoms. The van der Waals surface area contributed by atoms with Gasteiger partial charge < -0.3 is 10.4 Å². The highest BCUT2D eigenvalue weighted by Gasteiger charge is 2.24. The van der Waals surface area contributed by atoms with Gasteiger partial charge in [0.2, 0.25) is 0 Å². The number of nitrogens with zero attached hydrogens (tertiary/aromatic N) is 2. The van der Waals surface area contributed by atoms with Crippen LogP contribution in [-0.4, -0.2) is 32.5 Å². The molecular formula is C18H23N3O3. The van der Waals surface area contributed by atoms with E-state index in [0.29, 0.717) is 12.1 Å². The number of fused-ring (bicyclic) bond motifs is 1. The highest BCUT2D eigenvalue weighted by atomic mass is 16.3. The van der Waals surface area contributed by atoms with Gasteiger partial charge in [-0.3, -0.25) is 14.0 Å². The summed E-state index contributed by atoms with van der Waals surface area (Å²) in [5, 5.41) is 13.1. The first kappa shape index (κ1) is 16.6. The van der Waals surface area contributed by atoms with Crippen LogP contribution in [0.15, 0.2) is 29.2 Å². The molecule has 6 nitrogen and oxygen atoms in total. The predicted molar refractivity (Wildman–Crippen MR) is 91.2 cm³/mol. The maximum atomic E-state index is 12.6. The van der Waals surface area contributed by atoms with Crippen LogP contribution in [0.2, 0.25) is 0 Å². The number of hydrogen-bond donors (Lipinski definition) is 2. The molecule has 6 heteroatoms. The summed E-state index contributed by atoms with van der Waals surface area (Å²) in [6, 6.07) is 5.04. The molecular weight excluding hydrogens is 306 g/mol. The van der Waals surface area contributed by atoms with Crippen molar-refractivity contribution in [3.05, 3.63) is 46.0 Å². The van der Waals surface area contributed by atoms with Crippen LogP contribution in [0.5, 0.6) is 0 Å². The number of amides is 1. The zero-order valence-electron chi connectivity index (χ0n) is 13.9. The number of hydrogen-bond acceptors (Lipinski definition) is 4. The van der Waals surface area contributed by atoms with Crippen LogP contribution in [0.3, 0.4) is 0 Å². The SMILES string of the molecule is Cc1cccc2ncc(C(=O)N[C@H]3CCCCCC[C@@H]3O)c(=O)n12. The molecule has 128 valence electrons. The molecule has 0 spiro atoms. The summed E-state index contributed by atoms with van der Waals surface area (Å²) < 4.78 is 1.43. The van der Waals surface area contributed by atoms with Gasteiger partial charge in [0.15, 0.2) is 0 Å². The second-order valence-electron chi connectivity index (χ2n) is 6.48. The topological polar surface area (TPSA) is 83.7 Å². The Morgan fingerprint density at radius 1 is 1.25 bits per heavy atom. The van der Waals surface area contributed by atoms with Gasteiger partial charge in [-0.2, -0.15) is 0 Å². The van der Waals surface area contributed by atoms with Crippen molar-refractivity contribution >= 4 is 11.6 Å².